The molecule has 7 heteroatoms. The summed E-state index contributed by atoms with van der Waals surface area (Å²) in [6.45, 7) is 15.2. The van der Waals surface area contributed by atoms with Crippen molar-refractivity contribution in [1.29, 1.82) is 0 Å². The van der Waals surface area contributed by atoms with Crippen LogP contribution in [0.25, 0.3) is 0 Å². The van der Waals surface area contributed by atoms with E-state index in [2.05, 4.69) is 16.7 Å². The second-order valence-electron chi connectivity index (χ2n) is 9.61. The molecule has 2 heterocycles. The molecule has 0 fully saturated rings. The van der Waals surface area contributed by atoms with Crippen molar-refractivity contribution >= 4 is 17.8 Å². The molecule has 2 aliphatic heterocycles. The van der Waals surface area contributed by atoms with Crippen LogP contribution >= 0.6 is 0 Å². The van der Waals surface area contributed by atoms with E-state index >= 15 is 0 Å². The molecule has 2 atom stereocenters. The molecule has 0 saturated heterocycles. The van der Waals surface area contributed by atoms with Crippen LogP contribution < -0.4 is 10.6 Å². The van der Waals surface area contributed by atoms with Crippen LogP contribution in [-0.4, -0.2) is 53.3 Å². The van der Waals surface area contributed by atoms with Crippen LogP contribution in [0.1, 0.15) is 57.4 Å². The van der Waals surface area contributed by atoms with Crippen molar-refractivity contribution in [1.82, 2.24) is 20.4 Å². The van der Waals surface area contributed by atoms with E-state index in [0.29, 0.717) is 30.3 Å². The molecule has 0 aromatic heterocycles. The van der Waals surface area contributed by atoms with Gasteiger partial charge in [0.05, 0.1) is 23.9 Å². The molecule has 1 aromatic carbocycles. The number of nitrogens with one attached hydrogen (secondary N) is 2. The highest BCUT2D eigenvalue weighted by Gasteiger charge is 2.47. The molecule has 0 saturated carbocycles. The van der Waals surface area contributed by atoms with Gasteiger partial charge in [0.15, 0.2) is 0 Å². The van der Waals surface area contributed by atoms with Crippen LogP contribution in [0.4, 0.5) is 4.79 Å². The fourth-order valence-electron chi connectivity index (χ4n) is 4.67. The molecule has 0 spiro atoms. The van der Waals surface area contributed by atoms with E-state index in [0.717, 1.165) is 16.7 Å². The van der Waals surface area contributed by atoms with E-state index < -0.39 is 12.1 Å². The number of nitrogens with zero attached hydrogens (tertiary/aromatic N) is 2. The summed E-state index contributed by atoms with van der Waals surface area (Å²) in [4.78, 5) is 43.0. The summed E-state index contributed by atoms with van der Waals surface area (Å²) in [5, 5.41) is 6.02. The lowest BCUT2D eigenvalue weighted by Gasteiger charge is -2.33. The third-order valence-electron chi connectivity index (χ3n) is 6.22. The van der Waals surface area contributed by atoms with E-state index in [1.807, 2.05) is 60.6 Å². The SMILES string of the molecule is CCN1C(=O)N[C@H](c2ccc(C)cc2C)C2=C1CN([C@H](C(=O)NCC(C)C)C(C)C)C2=O. The number of urea groups is 1. The Morgan fingerprint density at radius 2 is 1.88 bits per heavy atom. The molecule has 0 aliphatic carbocycles. The van der Waals surface area contributed by atoms with Gasteiger partial charge < -0.3 is 15.5 Å². The topological polar surface area (TPSA) is 81.8 Å². The number of hydrogen-bond acceptors (Lipinski definition) is 3. The normalized spacial score (nSPS) is 19.6. The smallest absolute Gasteiger partial charge is 0.322 e. The lowest BCUT2D eigenvalue weighted by molar-refractivity contribution is -0.138. The predicted molar refractivity (Wildman–Crippen MR) is 125 cm³/mol. The number of aryl methyl sites for hydroxylation is 2. The summed E-state index contributed by atoms with van der Waals surface area (Å²) < 4.78 is 0. The van der Waals surface area contributed by atoms with Gasteiger partial charge in [-0.25, -0.2) is 4.79 Å². The van der Waals surface area contributed by atoms with Gasteiger partial charge in [-0.1, -0.05) is 51.5 Å². The maximum absolute atomic E-state index is 13.8. The highest BCUT2D eigenvalue weighted by Crippen LogP contribution is 2.38. The van der Waals surface area contributed by atoms with E-state index in [4.69, 9.17) is 0 Å². The molecule has 2 aliphatic rings. The fraction of sp³-hybridized carbons (Fsp3) is 0.560. The van der Waals surface area contributed by atoms with Gasteiger partial charge in [-0.05, 0) is 43.7 Å². The summed E-state index contributed by atoms with van der Waals surface area (Å²) in [6, 6.07) is 4.70. The van der Waals surface area contributed by atoms with Gasteiger partial charge in [0.25, 0.3) is 5.91 Å². The van der Waals surface area contributed by atoms with Crippen LogP contribution in [0.15, 0.2) is 29.5 Å². The van der Waals surface area contributed by atoms with Crippen molar-refractivity contribution < 1.29 is 14.4 Å². The first-order valence-corrected chi connectivity index (χ1v) is 11.5. The van der Waals surface area contributed by atoms with Crippen LogP contribution in [0, 0.1) is 25.7 Å². The molecule has 0 radical (unpaired) electrons. The predicted octanol–water partition coefficient (Wildman–Crippen LogP) is 3.28. The van der Waals surface area contributed by atoms with E-state index in [1.54, 1.807) is 9.80 Å². The zero-order valence-corrected chi connectivity index (χ0v) is 20.3. The zero-order chi connectivity index (χ0) is 23.7. The molecular formula is C25H36N4O3. The third kappa shape index (κ3) is 4.38. The first-order chi connectivity index (χ1) is 15.1. The van der Waals surface area contributed by atoms with Crippen molar-refractivity contribution in [2.24, 2.45) is 11.8 Å². The molecule has 0 bridgehead atoms. The Kier molecular flexibility index (Phi) is 6.96. The van der Waals surface area contributed by atoms with Gasteiger partial charge in [0.1, 0.15) is 6.04 Å². The number of rotatable bonds is 7. The van der Waals surface area contributed by atoms with E-state index in [-0.39, 0.29) is 30.3 Å². The Bertz CT molecular complexity index is 951. The quantitative estimate of drug-likeness (QED) is 0.683. The molecule has 3 rings (SSSR count). The maximum Gasteiger partial charge on any atom is 0.322 e. The molecule has 7 nitrogen and oxygen atoms in total. The first kappa shape index (κ1) is 23.8. The summed E-state index contributed by atoms with van der Waals surface area (Å²) >= 11 is 0. The van der Waals surface area contributed by atoms with E-state index in [1.165, 1.54) is 0 Å². The van der Waals surface area contributed by atoms with Gasteiger partial charge in [-0.15, -0.1) is 0 Å². The van der Waals surface area contributed by atoms with Crippen molar-refractivity contribution in [2.75, 3.05) is 19.6 Å². The Morgan fingerprint density at radius 3 is 2.44 bits per heavy atom. The number of amides is 4. The minimum absolute atomic E-state index is 0.0641. The van der Waals surface area contributed by atoms with Gasteiger partial charge >= 0.3 is 6.03 Å². The molecule has 0 unspecified atom stereocenters. The Balaban J connectivity index is 2.01. The highest BCUT2D eigenvalue weighted by molar-refractivity contribution is 6.03. The van der Waals surface area contributed by atoms with Gasteiger partial charge in [-0.2, -0.15) is 0 Å². The molecular weight excluding hydrogens is 404 g/mol. The van der Waals surface area contributed by atoms with Crippen LogP contribution in [0.3, 0.4) is 0 Å². The average molecular weight is 441 g/mol. The summed E-state index contributed by atoms with van der Waals surface area (Å²) in [5.41, 5.74) is 4.33. The number of likely N-dealkylation sites (N-methyl/N-ethyl adjacent to an activating group) is 1. The zero-order valence-electron chi connectivity index (χ0n) is 20.3. The van der Waals surface area contributed by atoms with Gasteiger partial charge in [0.2, 0.25) is 5.91 Å². The molecule has 32 heavy (non-hydrogen) atoms. The monoisotopic (exact) mass is 440 g/mol. The second-order valence-corrected chi connectivity index (χ2v) is 9.61. The Labute approximate surface area is 191 Å². The average Bonchev–Trinajstić information content (AvgIpc) is 3.02. The van der Waals surface area contributed by atoms with Crippen LogP contribution in [0.5, 0.6) is 0 Å². The minimum atomic E-state index is -0.597. The maximum atomic E-state index is 13.8. The number of carbonyl (C=O) groups is 3. The minimum Gasteiger partial charge on any atom is -0.354 e. The summed E-state index contributed by atoms with van der Waals surface area (Å²) in [7, 11) is 0. The summed E-state index contributed by atoms with van der Waals surface area (Å²) in [5.74, 6) is -0.0708. The van der Waals surface area contributed by atoms with Crippen molar-refractivity contribution in [3.8, 4) is 0 Å². The van der Waals surface area contributed by atoms with Crippen molar-refractivity contribution in [3.05, 3.63) is 46.2 Å². The van der Waals surface area contributed by atoms with Crippen molar-refractivity contribution in [3.63, 3.8) is 0 Å². The van der Waals surface area contributed by atoms with E-state index in [9.17, 15) is 14.4 Å². The first-order valence-electron chi connectivity index (χ1n) is 11.5. The fourth-order valence-corrected chi connectivity index (χ4v) is 4.67. The second kappa shape index (κ2) is 9.35. The molecule has 2 N–H and O–H groups in total. The van der Waals surface area contributed by atoms with Crippen LogP contribution in [-0.2, 0) is 9.59 Å². The molecule has 174 valence electrons. The molecule has 1 aromatic rings. The van der Waals surface area contributed by atoms with Gasteiger partial charge in [0, 0.05) is 13.1 Å². The third-order valence-corrected chi connectivity index (χ3v) is 6.22. The Morgan fingerprint density at radius 1 is 1.19 bits per heavy atom. The van der Waals surface area contributed by atoms with Crippen LogP contribution in [0.2, 0.25) is 0 Å². The highest BCUT2D eigenvalue weighted by atomic mass is 16.2. The Hall–Kier alpha value is -2.83. The number of hydrogen-bond donors (Lipinski definition) is 2. The molecule has 4 amide bonds. The lowest BCUT2D eigenvalue weighted by atomic mass is 9.91. The standard InChI is InChI=1S/C25H36N4O3/c1-8-28-19-13-29(22(15(4)5)23(30)26-12-14(2)3)24(31)20(19)21(27-25(28)32)18-10-9-16(6)11-17(18)7/h9-11,14-15,21-22H,8,12-13H2,1-7H3,(H,26,30)(H,27,32)/t21-,22+/m1/s1. The summed E-state index contributed by atoms with van der Waals surface area (Å²) in [6.07, 6.45) is 0. The van der Waals surface area contributed by atoms with Crippen molar-refractivity contribution in [2.45, 2.75) is 60.5 Å². The van der Waals surface area contributed by atoms with Gasteiger partial charge in [-0.3, -0.25) is 14.5 Å². The number of carbonyl (C=O) groups excluding carboxylic acids is 3. The lowest BCUT2D eigenvalue weighted by Crippen LogP contribution is -2.52. The largest absolute Gasteiger partial charge is 0.354 e. The number of benzene rings is 1.